The smallest absolute Gasteiger partial charge is 0.182 e. The van der Waals surface area contributed by atoms with E-state index in [-0.39, 0.29) is 10.7 Å². The summed E-state index contributed by atoms with van der Waals surface area (Å²) < 4.78 is 25.5. The fraction of sp³-hybridized carbons (Fsp3) is 0.357. The Morgan fingerprint density at radius 3 is 2.33 bits per heavy atom. The highest BCUT2D eigenvalue weighted by Gasteiger charge is 2.26. The number of hydrogen-bond acceptors (Lipinski definition) is 5. The lowest BCUT2D eigenvalue weighted by molar-refractivity contribution is 0.602. The predicted octanol–water partition coefficient (Wildman–Crippen LogP) is 1.54. The Bertz CT molecular complexity index is 792. The average Bonchev–Trinajstić information content (AvgIpc) is 2.70. The van der Waals surface area contributed by atoms with Crippen LogP contribution in [-0.2, 0) is 9.84 Å². The fourth-order valence-electron chi connectivity index (χ4n) is 2.18. The van der Waals surface area contributed by atoms with Gasteiger partial charge >= 0.3 is 0 Å². The highest BCUT2D eigenvalue weighted by Crippen LogP contribution is 2.32. The summed E-state index contributed by atoms with van der Waals surface area (Å²) in [6, 6.07) is 5.88. The number of nitrogens with zero attached hydrogens (tertiary/aromatic N) is 3. The van der Waals surface area contributed by atoms with Crippen molar-refractivity contribution in [1.82, 2.24) is 9.78 Å². The zero-order valence-corrected chi connectivity index (χ0v) is 13.7. The quantitative estimate of drug-likeness (QED) is 0.930. The molecule has 1 heterocycles. The molecule has 2 rings (SSSR count). The Morgan fingerprint density at radius 1 is 1.24 bits per heavy atom. The van der Waals surface area contributed by atoms with Crippen molar-refractivity contribution in [2.24, 2.45) is 0 Å². The van der Waals surface area contributed by atoms with Crippen LogP contribution in [-0.4, -0.2) is 38.5 Å². The maximum Gasteiger partial charge on any atom is 0.182 e. The maximum absolute atomic E-state index is 12.0. The average molecular weight is 308 g/mol. The summed E-state index contributed by atoms with van der Waals surface area (Å²) in [4.78, 5) is 1.71. The summed E-state index contributed by atoms with van der Waals surface area (Å²) in [6.45, 7) is 3.90. The number of aromatic nitrogens is 2. The number of sulfone groups is 1. The molecule has 6 nitrogen and oxygen atoms in total. The lowest BCUT2D eigenvalue weighted by Gasteiger charge is -2.09. The molecule has 7 heteroatoms. The third-order valence-corrected chi connectivity index (χ3v) is 4.38. The Labute approximate surface area is 125 Å². The second-order valence-corrected chi connectivity index (χ2v) is 7.36. The first-order chi connectivity index (χ1) is 9.62. The van der Waals surface area contributed by atoms with Crippen LogP contribution in [0.3, 0.4) is 0 Å². The van der Waals surface area contributed by atoms with Crippen molar-refractivity contribution in [2.75, 3.05) is 31.0 Å². The Kier molecular flexibility index (Phi) is 3.71. The highest BCUT2D eigenvalue weighted by atomic mass is 32.2. The molecule has 0 atom stereocenters. The van der Waals surface area contributed by atoms with Gasteiger partial charge in [-0.1, -0.05) is 12.1 Å². The molecule has 1 aromatic carbocycles. The van der Waals surface area contributed by atoms with Crippen LogP contribution in [0.15, 0.2) is 23.1 Å². The Balaban J connectivity index is 2.81. The van der Waals surface area contributed by atoms with Gasteiger partial charge in [0.05, 0.1) is 5.69 Å². The van der Waals surface area contributed by atoms with Crippen LogP contribution in [0, 0.1) is 13.8 Å². The standard InChI is InChI=1S/C14H20N4O2S/c1-9-6-7-10(2)11(8-9)18-13(15)12(21(5,19)20)14(16-18)17(3)4/h6-8H,15H2,1-5H3. The lowest BCUT2D eigenvalue weighted by atomic mass is 10.1. The minimum absolute atomic E-state index is 0.0633. The summed E-state index contributed by atoms with van der Waals surface area (Å²) >= 11 is 0. The number of hydrogen-bond donors (Lipinski definition) is 1. The van der Waals surface area contributed by atoms with E-state index in [1.54, 1.807) is 19.0 Å². The molecule has 0 radical (unpaired) electrons. The first kappa shape index (κ1) is 15.4. The van der Waals surface area contributed by atoms with Crippen LogP contribution in [0.4, 0.5) is 11.6 Å². The molecular weight excluding hydrogens is 288 g/mol. The molecule has 0 fully saturated rings. The van der Waals surface area contributed by atoms with Crippen molar-refractivity contribution in [3.05, 3.63) is 29.3 Å². The highest BCUT2D eigenvalue weighted by molar-refractivity contribution is 7.91. The van der Waals surface area contributed by atoms with E-state index >= 15 is 0 Å². The van der Waals surface area contributed by atoms with E-state index in [4.69, 9.17) is 5.73 Å². The molecule has 0 aliphatic rings. The van der Waals surface area contributed by atoms with E-state index in [0.717, 1.165) is 23.1 Å². The van der Waals surface area contributed by atoms with E-state index in [0.29, 0.717) is 5.82 Å². The largest absolute Gasteiger partial charge is 0.382 e. The number of rotatable bonds is 3. The number of nitrogen functional groups attached to an aromatic ring is 1. The predicted molar refractivity (Wildman–Crippen MR) is 84.9 cm³/mol. The van der Waals surface area contributed by atoms with Crippen LogP contribution in [0.5, 0.6) is 0 Å². The van der Waals surface area contributed by atoms with Gasteiger partial charge in [0.15, 0.2) is 20.6 Å². The van der Waals surface area contributed by atoms with Crippen LogP contribution >= 0.6 is 0 Å². The van der Waals surface area contributed by atoms with Gasteiger partial charge in [0.2, 0.25) is 0 Å². The van der Waals surface area contributed by atoms with Crippen molar-refractivity contribution in [1.29, 1.82) is 0 Å². The van der Waals surface area contributed by atoms with Crippen LogP contribution < -0.4 is 10.6 Å². The molecule has 2 aromatic rings. The van der Waals surface area contributed by atoms with Gasteiger partial charge in [-0.3, -0.25) is 0 Å². The summed E-state index contributed by atoms with van der Waals surface area (Å²) in [6.07, 6.45) is 1.14. The summed E-state index contributed by atoms with van der Waals surface area (Å²) in [7, 11) is 0.0106. The molecular formula is C14H20N4O2S. The number of benzene rings is 1. The first-order valence-electron chi connectivity index (χ1n) is 6.46. The SMILES string of the molecule is Cc1ccc(C)c(-n2nc(N(C)C)c(S(C)(=O)=O)c2N)c1. The third-order valence-electron chi connectivity index (χ3n) is 3.25. The van der Waals surface area contributed by atoms with Crippen molar-refractivity contribution in [3.63, 3.8) is 0 Å². The molecule has 0 spiro atoms. The van der Waals surface area contributed by atoms with Crippen LogP contribution in [0.1, 0.15) is 11.1 Å². The Morgan fingerprint density at radius 2 is 1.86 bits per heavy atom. The van der Waals surface area contributed by atoms with E-state index in [2.05, 4.69) is 5.10 Å². The van der Waals surface area contributed by atoms with E-state index in [1.807, 2.05) is 32.0 Å². The van der Waals surface area contributed by atoms with Gasteiger partial charge in [-0.15, -0.1) is 5.10 Å². The second-order valence-electron chi connectivity index (χ2n) is 5.41. The fourth-order valence-corrected chi connectivity index (χ4v) is 3.21. The van der Waals surface area contributed by atoms with Crippen LogP contribution in [0.2, 0.25) is 0 Å². The Hall–Kier alpha value is -2.02. The van der Waals surface area contributed by atoms with Gasteiger partial charge in [-0.2, -0.15) is 0 Å². The topological polar surface area (TPSA) is 81.2 Å². The molecule has 0 bridgehead atoms. The summed E-state index contributed by atoms with van der Waals surface area (Å²) in [5.74, 6) is 0.478. The molecule has 114 valence electrons. The van der Waals surface area contributed by atoms with E-state index < -0.39 is 9.84 Å². The van der Waals surface area contributed by atoms with Crippen molar-refractivity contribution in [2.45, 2.75) is 18.7 Å². The first-order valence-corrected chi connectivity index (χ1v) is 8.35. The molecule has 2 N–H and O–H groups in total. The van der Waals surface area contributed by atoms with Crippen molar-refractivity contribution >= 4 is 21.5 Å². The van der Waals surface area contributed by atoms with Crippen LogP contribution in [0.25, 0.3) is 5.69 Å². The summed E-state index contributed by atoms with van der Waals surface area (Å²) in [5.41, 5.74) is 8.88. The minimum atomic E-state index is -3.47. The molecule has 0 unspecified atom stereocenters. The number of anilines is 2. The van der Waals surface area contributed by atoms with Gasteiger partial charge in [0, 0.05) is 20.4 Å². The van der Waals surface area contributed by atoms with E-state index in [9.17, 15) is 8.42 Å². The van der Waals surface area contributed by atoms with E-state index in [1.165, 1.54) is 4.68 Å². The molecule has 0 aliphatic heterocycles. The zero-order valence-electron chi connectivity index (χ0n) is 12.9. The molecule has 0 saturated carbocycles. The maximum atomic E-state index is 12.0. The molecule has 0 saturated heterocycles. The second kappa shape index (κ2) is 5.07. The summed E-state index contributed by atoms with van der Waals surface area (Å²) in [5, 5.41) is 4.39. The third kappa shape index (κ3) is 2.73. The lowest BCUT2D eigenvalue weighted by Crippen LogP contribution is -2.13. The van der Waals surface area contributed by atoms with Gasteiger partial charge < -0.3 is 10.6 Å². The number of aryl methyl sites for hydroxylation is 2. The zero-order chi connectivity index (χ0) is 15.9. The minimum Gasteiger partial charge on any atom is -0.382 e. The van der Waals surface area contributed by atoms with Gasteiger partial charge in [0.1, 0.15) is 5.82 Å². The van der Waals surface area contributed by atoms with Gasteiger partial charge in [0.25, 0.3) is 0 Å². The molecule has 1 aromatic heterocycles. The monoisotopic (exact) mass is 308 g/mol. The number of nitrogens with two attached hydrogens (primary N) is 1. The molecule has 0 amide bonds. The molecule has 21 heavy (non-hydrogen) atoms. The van der Waals surface area contributed by atoms with Gasteiger partial charge in [-0.25, -0.2) is 13.1 Å². The van der Waals surface area contributed by atoms with Crippen molar-refractivity contribution < 1.29 is 8.42 Å². The van der Waals surface area contributed by atoms with Crippen molar-refractivity contribution in [3.8, 4) is 5.69 Å². The van der Waals surface area contributed by atoms with Gasteiger partial charge in [-0.05, 0) is 31.0 Å². The normalized spacial score (nSPS) is 11.7. The molecule has 0 aliphatic carbocycles.